The number of sulfonamides is 1. The highest BCUT2D eigenvalue weighted by atomic mass is 32.2. The maximum Gasteiger partial charge on any atom is 0.341 e. The molecule has 12 heteroatoms. The Morgan fingerprint density at radius 3 is 2.40 bits per heavy atom. The van der Waals surface area contributed by atoms with E-state index in [1.54, 1.807) is 39.5 Å². The van der Waals surface area contributed by atoms with E-state index in [0.29, 0.717) is 38.2 Å². The summed E-state index contributed by atoms with van der Waals surface area (Å²) in [6.07, 6.45) is 1.26. The van der Waals surface area contributed by atoms with E-state index in [2.05, 4.69) is 4.40 Å². The molecule has 0 spiro atoms. The monoisotopic (exact) mass is 501 g/mol. The first kappa shape index (κ1) is 24.2. The van der Waals surface area contributed by atoms with Crippen molar-refractivity contribution in [3.05, 3.63) is 70.3 Å². The van der Waals surface area contributed by atoms with E-state index in [1.807, 2.05) is 0 Å². The van der Waals surface area contributed by atoms with Gasteiger partial charge in [0, 0.05) is 44.3 Å². The van der Waals surface area contributed by atoms with Gasteiger partial charge in [-0.3, -0.25) is 4.79 Å². The lowest BCUT2D eigenvalue weighted by Gasteiger charge is -2.36. The molecule has 0 radical (unpaired) electrons. The molecule has 1 aromatic heterocycles. The standard InChI is InChI=1S/C23H24FN5O5S/c1-2-27-14-17(22(31)32)21(30)16-12-18(24)20(13-19(16)27)28-8-10-29(11-9-28)23(25)26-35(33,34)15-6-4-3-5-7-15/h3-7,12-14H,2,8-11H2,1H3,(H2,25,26)(H,31,32). The van der Waals surface area contributed by atoms with Gasteiger partial charge in [0.1, 0.15) is 11.4 Å². The number of aryl methyl sites for hydroxylation is 1. The Kier molecular flexibility index (Phi) is 6.48. The van der Waals surface area contributed by atoms with Crippen molar-refractivity contribution < 1.29 is 22.7 Å². The number of pyridine rings is 1. The van der Waals surface area contributed by atoms with E-state index >= 15 is 4.39 Å². The van der Waals surface area contributed by atoms with Gasteiger partial charge >= 0.3 is 5.97 Å². The lowest BCUT2D eigenvalue weighted by atomic mass is 10.1. The number of carboxylic acid groups (broad SMARTS) is 1. The highest BCUT2D eigenvalue weighted by Gasteiger charge is 2.24. The van der Waals surface area contributed by atoms with Crippen LogP contribution in [0.4, 0.5) is 10.1 Å². The second-order valence-electron chi connectivity index (χ2n) is 8.00. The van der Waals surface area contributed by atoms with Crippen LogP contribution in [0.1, 0.15) is 17.3 Å². The number of guanidine groups is 1. The number of aromatic nitrogens is 1. The fourth-order valence-corrected chi connectivity index (χ4v) is 5.03. The largest absolute Gasteiger partial charge is 0.477 e. The molecule has 184 valence electrons. The SMILES string of the molecule is CCn1cc(C(=O)O)c(=O)c2cc(F)c(N3CCN(/C(N)=N/S(=O)(=O)c4ccccc4)CC3)cc21. The van der Waals surface area contributed by atoms with Crippen LogP contribution in [-0.2, 0) is 16.6 Å². The number of hydrogen-bond acceptors (Lipinski definition) is 5. The van der Waals surface area contributed by atoms with Gasteiger partial charge in [0.2, 0.25) is 11.4 Å². The first-order valence-corrected chi connectivity index (χ1v) is 12.3. The van der Waals surface area contributed by atoms with E-state index in [9.17, 15) is 23.1 Å². The second kappa shape index (κ2) is 9.37. The van der Waals surface area contributed by atoms with Crippen molar-refractivity contribution in [3.8, 4) is 0 Å². The molecule has 1 aliphatic rings. The number of nitrogens with two attached hydrogens (primary N) is 1. The third kappa shape index (κ3) is 4.69. The van der Waals surface area contributed by atoms with Crippen LogP contribution in [0.5, 0.6) is 0 Å². The number of anilines is 1. The van der Waals surface area contributed by atoms with Gasteiger partial charge in [0.05, 0.1) is 16.1 Å². The van der Waals surface area contributed by atoms with Crippen LogP contribution in [0.25, 0.3) is 10.9 Å². The number of rotatable bonds is 5. The van der Waals surface area contributed by atoms with Crippen LogP contribution in [-0.4, -0.2) is 61.1 Å². The van der Waals surface area contributed by atoms with Crippen LogP contribution in [0.15, 0.2) is 62.7 Å². The molecule has 1 saturated heterocycles. The number of carbonyl (C=O) groups is 1. The van der Waals surface area contributed by atoms with E-state index in [4.69, 9.17) is 5.73 Å². The number of nitrogens with zero attached hydrogens (tertiary/aromatic N) is 4. The number of halogens is 1. The zero-order chi connectivity index (χ0) is 25.3. The molecule has 1 aliphatic heterocycles. The molecule has 3 aromatic rings. The van der Waals surface area contributed by atoms with Crippen molar-refractivity contribution in [2.24, 2.45) is 10.1 Å². The highest BCUT2D eigenvalue weighted by Crippen LogP contribution is 2.26. The lowest BCUT2D eigenvalue weighted by Crippen LogP contribution is -2.51. The summed E-state index contributed by atoms with van der Waals surface area (Å²) in [5, 5.41) is 9.29. The summed E-state index contributed by atoms with van der Waals surface area (Å²) in [6.45, 7) is 3.44. The van der Waals surface area contributed by atoms with E-state index < -0.39 is 32.8 Å². The molecular formula is C23H24FN5O5S. The van der Waals surface area contributed by atoms with E-state index in [-0.39, 0.29) is 21.9 Å². The third-order valence-corrected chi connectivity index (χ3v) is 7.21. The smallest absolute Gasteiger partial charge is 0.341 e. The highest BCUT2D eigenvalue weighted by molar-refractivity contribution is 7.90. The van der Waals surface area contributed by atoms with Crippen LogP contribution in [0.2, 0.25) is 0 Å². The minimum absolute atomic E-state index is 0.00543. The molecule has 2 heterocycles. The quantitative estimate of drug-likeness (QED) is 0.398. The molecule has 2 aromatic carbocycles. The van der Waals surface area contributed by atoms with Gasteiger partial charge in [-0.2, -0.15) is 8.42 Å². The zero-order valence-corrected chi connectivity index (χ0v) is 19.7. The van der Waals surface area contributed by atoms with Crippen molar-refractivity contribution in [1.82, 2.24) is 9.47 Å². The van der Waals surface area contributed by atoms with Crippen LogP contribution in [0, 0.1) is 5.82 Å². The average Bonchev–Trinajstić information content (AvgIpc) is 2.84. The molecule has 4 rings (SSSR count). The van der Waals surface area contributed by atoms with Crippen LogP contribution >= 0.6 is 0 Å². The van der Waals surface area contributed by atoms with Gasteiger partial charge in [0.15, 0.2) is 0 Å². The van der Waals surface area contributed by atoms with Gasteiger partial charge in [0.25, 0.3) is 10.0 Å². The second-order valence-corrected chi connectivity index (χ2v) is 9.60. The Labute approximate surface area is 200 Å². The molecule has 0 aliphatic carbocycles. The first-order chi connectivity index (χ1) is 16.6. The summed E-state index contributed by atoms with van der Waals surface area (Å²) in [7, 11) is -3.95. The number of piperazine rings is 1. The van der Waals surface area contributed by atoms with Gasteiger partial charge in [-0.05, 0) is 31.2 Å². The minimum atomic E-state index is -3.95. The molecule has 35 heavy (non-hydrogen) atoms. The molecule has 0 amide bonds. The predicted octanol–water partition coefficient (Wildman–Crippen LogP) is 1.68. The maximum absolute atomic E-state index is 15.0. The fourth-order valence-electron chi connectivity index (χ4n) is 4.06. The minimum Gasteiger partial charge on any atom is -0.477 e. The Hall–Kier alpha value is -3.93. The third-order valence-electron chi connectivity index (χ3n) is 5.92. The topological polar surface area (TPSA) is 138 Å². The molecule has 1 fully saturated rings. The Morgan fingerprint density at radius 2 is 1.80 bits per heavy atom. The number of hydrogen-bond donors (Lipinski definition) is 2. The maximum atomic E-state index is 15.0. The van der Waals surface area contributed by atoms with Crippen molar-refractivity contribution in [2.75, 3.05) is 31.1 Å². The summed E-state index contributed by atoms with van der Waals surface area (Å²) in [4.78, 5) is 27.4. The van der Waals surface area contributed by atoms with Crippen molar-refractivity contribution in [2.45, 2.75) is 18.4 Å². The predicted molar refractivity (Wildman–Crippen MR) is 130 cm³/mol. The summed E-state index contributed by atoms with van der Waals surface area (Å²) in [5.41, 5.74) is 5.50. The van der Waals surface area contributed by atoms with Crippen molar-refractivity contribution in [1.29, 1.82) is 0 Å². The molecule has 0 saturated carbocycles. The first-order valence-electron chi connectivity index (χ1n) is 10.9. The molecule has 10 nitrogen and oxygen atoms in total. The fraction of sp³-hybridized carbons (Fsp3) is 0.261. The lowest BCUT2D eigenvalue weighted by molar-refractivity contribution is 0.0695. The zero-order valence-electron chi connectivity index (χ0n) is 18.9. The van der Waals surface area contributed by atoms with Crippen LogP contribution < -0.4 is 16.1 Å². The summed E-state index contributed by atoms with van der Waals surface area (Å²) >= 11 is 0. The van der Waals surface area contributed by atoms with Gasteiger partial charge < -0.3 is 25.2 Å². The van der Waals surface area contributed by atoms with Gasteiger partial charge in [-0.1, -0.05) is 18.2 Å². The van der Waals surface area contributed by atoms with E-state index in [0.717, 1.165) is 6.07 Å². The Bertz CT molecular complexity index is 1480. The van der Waals surface area contributed by atoms with Crippen molar-refractivity contribution >= 4 is 38.5 Å². The summed E-state index contributed by atoms with van der Waals surface area (Å²) in [6, 6.07) is 10.4. The Morgan fingerprint density at radius 1 is 1.14 bits per heavy atom. The summed E-state index contributed by atoms with van der Waals surface area (Å²) < 4.78 is 45.3. The van der Waals surface area contributed by atoms with Gasteiger partial charge in [-0.15, -0.1) is 4.40 Å². The molecule has 0 bridgehead atoms. The molecular weight excluding hydrogens is 477 g/mol. The molecule has 0 atom stereocenters. The Balaban J connectivity index is 1.58. The van der Waals surface area contributed by atoms with Gasteiger partial charge in [-0.25, -0.2) is 9.18 Å². The number of benzene rings is 2. The van der Waals surface area contributed by atoms with Crippen LogP contribution in [0.3, 0.4) is 0 Å². The normalized spacial score (nSPS) is 15.0. The summed E-state index contributed by atoms with van der Waals surface area (Å²) in [5.74, 6) is -2.16. The average molecular weight is 502 g/mol. The number of fused-ring (bicyclic) bond motifs is 1. The van der Waals surface area contributed by atoms with Crippen molar-refractivity contribution in [3.63, 3.8) is 0 Å². The number of aromatic carboxylic acids is 1. The molecule has 0 unspecified atom stereocenters. The number of carboxylic acids is 1. The molecule has 3 N–H and O–H groups in total. The van der Waals surface area contributed by atoms with E-state index in [1.165, 1.54) is 24.4 Å².